The minimum Gasteiger partial charge on any atom is -0.378 e. The van der Waals surface area contributed by atoms with Crippen LogP contribution in [-0.4, -0.2) is 50.6 Å². The monoisotopic (exact) mass is 289 g/mol. The largest absolute Gasteiger partial charge is 0.378 e. The van der Waals surface area contributed by atoms with Crippen LogP contribution in [0.2, 0.25) is 0 Å². The van der Waals surface area contributed by atoms with Crippen molar-refractivity contribution in [3.05, 3.63) is 29.8 Å². The topological polar surface area (TPSA) is 35.6 Å². The first-order valence-electron chi connectivity index (χ1n) is 7.92. The quantitative estimate of drug-likeness (QED) is 0.904. The van der Waals surface area contributed by atoms with E-state index in [1.807, 2.05) is 48.2 Å². The number of carbonyl (C=O) groups is 1. The molecular formula is C17H27N3O. The number of rotatable bonds is 5. The van der Waals surface area contributed by atoms with Crippen molar-refractivity contribution >= 4 is 11.6 Å². The number of anilines is 1. The fourth-order valence-electron chi connectivity index (χ4n) is 2.72. The molecule has 4 nitrogen and oxygen atoms in total. The second-order valence-electron chi connectivity index (χ2n) is 5.96. The van der Waals surface area contributed by atoms with E-state index in [0.717, 1.165) is 50.1 Å². The summed E-state index contributed by atoms with van der Waals surface area (Å²) in [5, 5.41) is 3.55. The number of benzene rings is 1. The zero-order valence-corrected chi connectivity index (χ0v) is 13.4. The third-order valence-corrected chi connectivity index (χ3v) is 4.10. The van der Waals surface area contributed by atoms with Crippen LogP contribution in [0.3, 0.4) is 0 Å². The van der Waals surface area contributed by atoms with Crippen LogP contribution in [-0.2, 0) is 0 Å². The predicted octanol–water partition coefficient (Wildman–Crippen LogP) is 2.36. The number of piperidine rings is 1. The molecule has 1 amide bonds. The van der Waals surface area contributed by atoms with Crippen LogP contribution in [0.5, 0.6) is 0 Å². The highest BCUT2D eigenvalue weighted by molar-refractivity contribution is 5.94. The van der Waals surface area contributed by atoms with E-state index in [2.05, 4.69) is 12.2 Å². The third kappa shape index (κ3) is 4.21. The van der Waals surface area contributed by atoms with Gasteiger partial charge in [-0.3, -0.25) is 4.79 Å². The second-order valence-corrected chi connectivity index (χ2v) is 5.96. The molecule has 0 aromatic heterocycles. The van der Waals surface area contributed by atoms with Crippen LogP contribution in [0, 0.1) is 0 Å². The molecule has 0 spiro atoms. The Morgan fingerprint density at radius 2 is 1.86 bits per heavy atom. The summed E-state index contributed by atoms with van der Waals surface area (Å²) >= 11 is 0. The summed E-state index contributed by atoms with van der Waals surface area (Å²) in [5.41, 5.74) is 1.91. The molecule has 0 saturated carbocycles. The summed E-state index contributed by atoms with van der Waals surface area (Å²) in [6.07, 6.45) is 3.28. The van der Waals surface area contributed by atoms with Gasteiger partial charge < -0.3 is 15.1 Å². The number of likely N-dealkylation sites (tertiary alicyclic amines) is 1. The lowest BCUT2D eigenvalue weighted by Gasteiger charge is -2.32. The average Bonchev–Trinajstić information content (AvgIpc) is 2.53. The number of nitrogens with zero attached hydrogens (tertiary/aromatic N) is 2. The summed E-state index contributed by atoms with van der Waals surface area (Å²) in [6, 6.07) is 8.44. The van der Waals surface area contributed by atoms with Gasteiger partial charge in [0.1, 0.15) is 0 Å². The van der Waals surface area contributed by atoms with E-state index in [9.17, 15) is 4.79 Å². The molecule has 1 aromatic carbocycles. The molecule has 0 bridgehead atoms. The molecule has 116 valence electrons. The Hall–Kier alpha value is -1.55. The van der Waals surface area contributed by atoms with E-state index in [4.69, 9.17) is 0 Å². The molecule has 1 heterocycles. The Labute approximate surface area is 128 Å². The van der Waals surface area contributed by atoms with Crippen molar-refractivity contribution in [2.75, 3.05) is 38.6 Å². The molecule has 1 aromatic rings. The first kappa shape index (κ1) is 15.8. The summed E-state index contributed by atoms with van der Waals surface area (Å²) in [7, 11) is 4.01. The van der Waals surface area contributed by atoms with Gasteiger partial charge in [-0.1, -0.05) is 6.92 Å². The summed E-state index contributed by atoms with van der Waals surface area (Å²) in [6.45, 7) is 4.97. The van der Waals surface area contributed by atoms with Gasteiger partial charge in [0, 0.05) is 44.5 Å². The molecule has 0 atom stereocenters. The minimum atomic E-state index is 0.161. The van der Waals surface area contributed by atoms with Crippen molar-refractivity contribution in [1.82, 2.24) is 10.2 Å². The lowest BCUT2D eigenvalue weighted by Crippen LogP contribution is -2.45. The van der Waals surface area contributed by atoms with Gasteiger partial charge >= 0.3 is 0 Å². The number of amides is 1. The minimum absolute atomic E-state index is 0.161. The number of nitrogens with one attached hydrogen (secondary N) is 1. The van der Waals surface area contributed by atoms with Gasteiger partial charge in [0.05, 0.1) is 0 Å². The van der Waals surface area contributed by atoms with Gasteiger partial charge in [0.2, 0.25) is 0 Å². The lowest BCUT2D eigenvalue weighted by molar-refractivity contribution is 0.0705. The van der Waals surface area contributed by atoms with Crippen molar-refractivity contribution < 1.29 is 4.79 Å². The van der Waals surface area contributed by atoms with Crippen LogP contribution < -0.4 is 10.2 Å². The highest BCUT2D eigenvalue weighted by atomic mass is 16.2. The first-order chi connectivity index (χ1) is 10.1. The van der Waals surface area contributed by atoms with E-state index in [-0.39, 0.29) is 5.91 Å². The average molecular weight is 289 g/mol. The molecular weight excluding hydrogens is 262 g/mol. The van der Waals surface area contributed by atoms with Gasteiger partial charge in [0.15, 0.2) is 0 Å². The Morgan fingerprint density at radius 1 is 1.24 bits per heavy atom. The van der Waals surface area contributed by atoms with Gasteiger partial charge in [0.25, 0.3) is 5.91 Å². The molecule has 1 aliphatic rings. The van der Waals surface area contributed by atoms with E-state index in [1.54, 1.807) is 0 Å². The Bertz CT molecular complexity index is 448. The maximum Gasteiger partial charge on any atom is 0.253 e. The Morgan fingerprint density at radius 3 is 2.38 bits per heavy atom. The van der Waals surface area contributed by atoms with Crippen LogP contribution in [0.25, 0.3) is 0 Å². The van der Waals surface area contributed by atoms with E-state index in [1.165, 1.54) is 0 Å². The van der Waals surface area contributed by atoms with Gasteiger partial charge in [-0.15, -0.1) is 0 Å². The molecule has 0 aliphatic carbocycles. The maximum atomic E-state index is 12.5. The zero-order valence-electron chi connectivity index (χ0n) is 13.4. The summed E-state index contributed by atoms with van der Waals surface area (Å²) < 4.78 is 0. The van der Waals surface area contributed by atoms with Gasteiger partial charge in [-0.25, -0.2) is 0 Å². The number of carbonyl (C=O) groups excluding carboxylic acids is 1. The van der Waals surface area contributed by atoms with Crippen molar-refractivity contribution in [2.45, 2.75) is 32.2 Å². The smallest absolute Gasteiger partial charge is 0.253 e. The Balaban J connectivity index is 1.89. The predicted molar refractivity (Wildman–Crippen MR) is 88.0 cm³/mol. The SMILES string of the molecule is CCCNC1CCN(C(=O)c2ccc(N(C)C)cc2)CC1. The normalized spacial score (nSPS) is 16.0. The highest BCUT2D eigenvalue weighted by Crippen LogP contribution is 2.17. The van der Waals surface area contributed by atoms with Crippen molar-refractivity contribution in [3.63, 3.8) is 0 Å². The molecule has 1 aliphatic heterocycles. The molecule has 1 N–H and O–H groups in total. The van der Waals surface area contributed by atoms with Gasteiger partial charge in [-0.2, -0.15) is 0 Å². The molecule has 2 rings (SSSR count). The number of hydrogen-bond acceptors (Lipinski definition) is 3. The molecule has 21 heavy (non-hydrogen) atoms. The van der Waals surface area contributed by atoms with Crippen LogP contribution in [0.4, 0.5) is 5.69 Å². The van der Waals surface area contributed by atoms with E-state index < -0.39 is 0 Å². The third-order valence-electron chi connectivity index (χ3n) is 4.10. The summed E-state index contributed by atoms with van der Waals surface area (Å²) in [5.74, 6) is 0.161. The molecule has 1 fully saturated rings. The van der Waals surface area contributed by atoms with Crippen molar-refractivity contribution in [3.8, 4) is 0 Å². The van der Waals surface area contributed by atoms with E-state index >= 15 is 0 Å². The first-order valence-corrected chi connectivity index (χ1v) is 7.92. The van der Waals surface area contributed by atoms with Crippen LogP contribution in [0.15, 0.2) is 24.3 Å². The fraction of sp³-hybridized carbons (Fsp3) is 0.588. The number of hydrogen-bond donors (Lipinski definition) is 1. The zero-order chi connectivity index (χ0) is 15.2. The summed E-state index contributed by atoms with van der Waals surface area (Å²) in [4.78, 5) is 16.5. The maximum absolute atomic E-state index is 12.5. The lowest BCUT2D eigenvalue weighted by atomic mass is 10.0. The van der Waals surface area contributed by atoms with Crippen LogP contribution >= 0.6 is 0 Å². The van der Waals surface area contributed by atoms with Gasteiger partial charge in [-0.05, 0) is 50.1 Å². The fourth-order valence-corrected chi connectivity index (χ4v) is 2.72. The van der Waals surface area contributed by atoms with E-state index in [0.29, 0.717) is 6.04 Å². The van der Waals surface area contributed by atoms with Crippen molar-refractivity contribution in [1.29, 1.82) is 0 Å². The molecule has 4 heteroatoms. The molecule has 0 unspecified atom stereocenters. The highest BCUT2D eigenvalue weighted by Gasteiger charge is 2.23. The molecule has 0 radical (unpaired) electrons. The Kier molecular flexibility index (Phi) is 5.62. The molecule has 1 saturated heterocycles. The van der Waals surface area contributed by atoms with Crippen LogP contribution in [0.1, 0.15) is 36.5 Å². The second kappa shape index (κ2) is 7.46. The van der Waals surface area contributed by atoms with Crippen molar-refractivity contribution in [2.24, 2.45) is 0 Å². The standard InChI is InChI=1S/C17H27N3O/c1-4-11-18-15-9-12-20(13-10-15)17(21)14-5-7-16(8-6-14)19(2)3/h5-8,15,18H,4,9-13H2,1-3H3.